The van der Waals surface area contributed by atoms with E-state index in [1.807, 2.05) is 6.92 Å². The highest BCUT2D eigenvalue weighted by molar-refractivity contribution is 6.31. The number of carbonyl (C=O) groups excluding carboxylic acids is 3. The van der Waals surface area contributed by atoms with Crippen molar-refractivity contribution in [1.82, 2.24) is 15.5 Å². The van der Waals surface area contributed by atoms with E-state index in [2.05, 4.69) is 10.6 Å². The highest BCUT2D eigenvalue weighted by Crippen LogP contribution is 2.21. The first-order valence-electron chi connectivity index (χ1n) is 10.2. The van der Waals surface area contributed by atoms with Crippen molar-refractivity contribution in [3.05, 3.63) is 58.1 Å². The van der Waals surface area contributed by atoms with Gasteiger partial charge in [0.25, 0.3) is 11.8 Å². The smallest absolute Gasteiger partial charge is 0.259 e. The van der Waals surface area contributed by atoms with Crippen LogP contribution < -0.4 is 20.1 Å². The SMILES string of the molecule is CCCN(CNC(=O)COc1ccc(Cl)c(F)c1)C(=O)CNC(=O)COc1ccc(Cl)c(F)c1. The van der Waals surface area contributed by atoms with E-state index in [0.29, 0.717) is 13.0 Å². The van der Waals surface area contributed by atoms with Crippen LogP contribution in [-0.2, 0) is 14.4 Å². The van der Waals surface area contributed by atoms with Crippen molar-refractivity contribution < 1.29 is 32.6 Å². The summed E-state index contributed by atoms with van der Waals surface area (Å²) in [7, 11) is 0. The fourth-order valence-electron chi connectivity index (χ4n) is 2.56. The Kier molecular flexibility index (Phi) is 10.8. The molecule has 2 N–H and O–H groups in total. The first kappa shape index (κ1) is 27.1. The molecule has 0 atom stereocenters. The molecule has 0 fully saturated rings. The van der Waals surface area contributed by atoms with E-state index in [1.165, 1.54) is 29.2 Å². The summed E-state index contributed by atoms with van der Waals surface area (Å²) in [4.78, 5) is 37.7. The van der Waals surface area contributed by atoms with E-state index < -0.39 is 42.6 Å². The maximum atomic E-state index is 13.4. The lowest BCUT2D eigenvalue weighted by Crippen LogP contribution is -2.47. The van der Waals surface area contributed by atoms with Gasteiger partial charge in [-0.15, -0.1) is 0 Å². The van der Waals surface area contributed by atoms with Crippen molar-refractivity contribution in [2.24, 2.45) is 0 Å². The van der Waals surface area contributed by atoms with Crippen LogP contribution in [0.3, 0.4) is 0 Å². The summed E-state index contributed by atoms with van der Waals surface area (Å²) >= 11 is 11.2. The fourth-order valence-corrected chi connectivity index (χ4v) is 2.80. The molecule has 2 aromatic carbocycles. The number of carbonyl (C=O) groups is 3. The topological polar surface area (TPSA) is 97.0 Å². The molecule has 8 nitrogen and oxygen atoms in total. The van der Waals surface area contributed by atoms with E-state index in [4.69, 9.17) is 32.7 Å². The fraction of sp³-hybridized carbons (Fsp3) is 0.318. The van der Waals surface area contributed by atoms with Crippen LogP contribution in [0.1, 0.15) is 13.3 Å². The van der Waals surface area contributed by atoms with Gasteiger partial charge in [-0.05, 0) is 30.7 Å². The van der Waals surface area contributed by atoms with Gasteiger partial charge in [-0.1, -0.05) is 30.1 Å². The van der Waals surface area contributed by atoms with Gasteiger partial charge in [-0.2, -0.15) is 0 Å². The molecule has 0 radical (unpaired) electrons. The average Bonchev–Trinajstić information content (AvgIpc) is 2.81. The van der Waals surface area contributed by atoms with Crippen molar-refractivity contribution in [2.45, 2.75) is 13.3 Å². The Labute approximate surface area is 205 Å². The molecular weight excluding hydrogens is 495 g/mol. The van der Waals surface area contributed by atoms with Gasteiger partial charge in [0.05, 0.1) is 23.3 Å². The van der Waals surface area contributed by atoms with Gasteiger partial charge >= 0.3 is 0 Å². The number of nitrogens with zero attached hydrogens (tertiary/aromatic N) is 1. The third kappa shape index (κ3) is 9.03. The van der Waals surface area contributed by atoms with Gasteiger partial charge in [-0.25, -0.2) is 8.78 Å². The Morgan fingerprint density at radius 2 is 1.38 bits per heavy atom. The van der Waals surface area contributed by atoms with E-state index in [-0.39, 0.29) is 34.8 Å². The Morgan fingerprint density at radius 1 is 0.882 bits per heavy atom. The summed E-state index contributed by atoms with van der Waals surface area (Å²) in [6, 6.07) is 7.52. The minimum absolute atomic E-state index is 0.0666. The van der Waals surface area contributed by atoms with Gasteiger partial charge in [0, 0.05) is 18.7 Å². The van der Waals surface area contributed by atoms with Crippen LogP contribution in [0, 0.1) is 11.6 Å². The summed E-state index contributed by atoms with van der Waals surface area (Å²) in [5.41, 5.74) is 0. The first-order valence-corrected chi connectivity index (χ1v) is 10.9. The van der Waals surface area contributed by atoms with Crippen LogP contribution in [0.2, 0.25) is 10.0 Å². The second kappa shape index (κ2) is 13.6. The van der Waals surface area contributed by atoms with Crippen LogP contribution in [0.4, 0.5) is 8.78 Å². The number of benzene rings is 2. The van der Waals surface area contributed by atoms with Crippen LogP contribution in [-0.4, -0.2) is 55.6 Å². The number of hydrogen-bond donors (Lipinski definition) is 2. The second-order valence-corrected chi connectivity index (χ2v) is 7.74. The highest BCUT2D eigenvalue weighted by atomic mass is 35.5. The van der Waals surface area contributed by atoms with Crippen LogP contribution >= 0.6 is 23.2 Å². The summed E-state index contributed by atoms with van der Waals surface area (Å²) in [6.45, 7) is 0.917. The lowest BCUT2D eigenvalue weighted by atomic mass is 10.3. The lowest BCUT2D eigenvalue weighted by Gasteiger charge is -2.22. The molecule has 0 aliphatic heterocycles. The second-order valence-electron chi connectivity index (χ2n) is 6.92. The van der Waals surface area contributed by atoms with E-state index in [1.54, 1.807) is 0 Å². The Bertz CT molecular complexity index is 1030. The molecule has 184 valence electrons. The number of amides is 3. The lowest BCUT2D eigenvalue weighted by molar-refractivity contribution is -0.134. The molecule has 3 amide bonds. The molecular formula is C22H23Cl2F2N3O5. The largest absolute Gasteiger partial charge is 0.484 e. The molecule has 2 rings (SSSR count). The minimum atomic E-state index is -0.683. The molecule has 0 saturated carbocycles. The van der Waals surface area contributed by atoms with Crippen LogP contribution in [0.5, 0.6) is 11.5 Å². The maximum absolute atomic E-state index is 13.4. The molecule has 0 aliphatic rings. The molecule has 2 aromatic rings. The molecule has 12 heteroatoms. The molecule has 0 spiro atoms. The standard InChI is InChI=1S/C22H23Cl2F2N3O5/c1-2-7-29(13-28-21(31)12-34-15-4-6-17(24)19(26)9-15)22(32)10-27-20(30)11-33-14-3-5-16(23)18(25)8-14/h3-6,8-9H,2,7,10-13H2,1H3,(H,27,30)(H,28,31). The van der Waals surface area contributed by atoms with Crippen molar-refractivity contribution in [2.75, 3.05) is 33.0 Å². The summed E-state index contributed by atoms with van der Waals surface area (Å²) in [5, 5.41) is 4.79. The molecule has 0 aliphatic carbocycles. The van der Waals surface area contributed by atoms with Crippen molar-refractivity contribution in [3.8, 4) is 11.5 Å². The number of rotatable bonds is 12. The summed E-state index contributed by atoms with van der Waals surface area (Å²) < 4.78 is 37.2. The maximum Gasteiger partial charge on any atom is 0.259 e. The predicted octanol–water partition coefficient (Wildman–Crippen LogP) is 3.16. The highest BCUT2D eigenvalue weighted by Gasteiger charge is 2.15. The van der Waals surface area contributed by atoms with Gasteiger partial charge in [0.2, 0.25) is 5.91 Å². The molecule has 0 heterocycles. The molecule has 34 heavy (non-hydrogen) atoms. The molecule has 0 saturated heterocycles. The average molecular weight is 518 g/mol. The normalized spacial score (nSPS) is 10.4. The zero-order valence-electron chi connectivity index (χ0n) is 18.2. The zero-order valence-corrected chi connectivity index (χ0v) is 19.7. The third-order valence-electron chi connectivity index (χ3n) is 4.27. The van der Waals surface area contributed by atoms with Crippen molar-refractivity contribution >= 4 is 40.9 Å². The first-order chi connectivity index (χ1) is 16.2. The van der Waals surface area contributed by atoms with Gasteiger partial charge < -0.3 is 25.0 Å². The van der Waals surface area contributed by atoms with E-state index in [9.17, 15) is 23.2 Å². The van der Waals surface area contributed by atoms with Gasteiger partial charge in [0.1, 0.15) is 23.1 Å². The zero-order chi connectivity index (χ0) is 25.1. The molecule has 0 unspecified atom stereocenters. The summed E-state index contributed by atoms with van der Waals surface area (Å²) in [6.07, 6.45) is 0.612. The third-order valence-corrected chi connectivity index (χ3v) is 4.89. The Balaban J connectivity index is 1.74. The van der Waals surface area contributed by atoms with E-state index >= 15 is 0 Å². The van der Waals surface area contributed by atoms with Crippen molar-refractivity contribution in [3.63, 3.8) is 0 Å². The van der Waals surface area contributed by atoms with Gasteiger partial charge in [-0.3, -0.25) is 14.4 Å². The number of halogens is 4. The van der Waals surface area contributed by atoms with E-state index in [0.717, 1.165) is 12.1 Å². The van der Waals surface area contributed by atoms with Crippen molar-refractivity contribution in [1.29, 1.82) is 0 Å². The Morgan fingerprint density at radius 3 is 1.85 bits per heavy atom. The van der Waals surface area contributed by atoms with Gasteiger partial charge in [0.15, 0.2) is 13.2 Å². The quantitative estimate of drug-likeness (QED) is 0.421. The monoisotopic (exact) mass is 517 g/mol. The number of hydrogen-bond acceptors (Lipinski definition) is 5. The minimum Gasteiger partial charge on any atom is -0.484 e. The summed E-state index contributed by atoms with van der Waals surface area (Å²) in [5.74, 6) is -2.67. The molecule has 0 bridgehead atoms. The Hall–Kier alpha value is -3.11. The number of ether oxygens (including phenoxy) is 2. The van der Waals surface area contributed by atoms with Crippen LogP contribution in [0.15, 0.2) is 36.4 Å². The van der Waals surface area contributed by atoms with Crippen LogP contribution in [0.25, 0.3) is 0 Å². The molecule has 0 aromatic heterocycles. The predicted molar refractivity (Wildman–Crippen MR) is 122 cm³/mol. The number of nitrogens with one attached hydrogen (secondary N) is 2.